The topological polar surface area (TPSA) is 136 Å². The lowest BCUT2D eigenvalue weighted by Crippen LogP contribution is -2.48. The average molecular weight is 867 g/mol. The Kier molecular flexibility index (Phi) is 12.8. The van der Waals surface area contributed by atoms with Gasteiger partial charge in [0.1, 0.15) is 40.6 Å². The molecular weight excluding hydrogens is 817 g/mol. The van der Waals surface area contributed by atoms with Crippen LogP contribution in [0.1, 0.15) is 51.9 Å². The average Bonchev–Trinajstić information content (AvgIpc) is 3.36. The lowest BCUT2D eigenvalue weighted by molar-refractivity contribution is -0.132. The summed E-state index contributed by atoms with van der Waals surface area (Å²) in [6.45, 7) is 0. The number of nitrogens with one attached hydrogen (secondary N) is 2. The smallest absolute Gasteiger partial charge is 0.230 e. The van der Waals surface area contributed by atoms with Crippen LogP contribution in [0.3, 0.4) is 0 Å². The third-order valence-electron chi connectivity index (χ3n) is 12.2. The summed E-state index contributed by atoms with van der Waals surface area (Å²) in [6.07, 6.45) is -0.662. The quantitative estimate of drug-likeness (QED) is 0.0707. The van der Waals surface area contributed by atoms with Gasteiger partial charge >= 0.3 is 0 Å². The van der Waals surface area contributed by atoms with Gasteiger partial charge in [0.25, 0.3) is 0 Å². The highest BCUT2D eigenvalue weighted by Crippen LogP contribution is 2.46. The lowest BCUT2D eigenvalue weighted by Gasteiger charge is -2.39. The van der Waals surface area contributed by atoms with Crippen molar-refractivity contribution < 1.29 is 38.7 Å². The largest absolute Gasteiger partial charge is 0.497 e. The molecule has 0 aliphatic carbocycles. The van der Waals surface area contributed by atoms with Crippen LogP contribution < -0.4 is 29.6 Å². The predicted molar refractivity (Wildman–Crippen MR) is 252 cm³/mol. The van der Waals surface area contributed by atoms with Gasteiger partial charge in [0, 0.05) is 0 Å². The molecule has 0 aromatic heterocycles. The minimum absolute atomic E-state index is 0.464. The van der Waals surface area contributed by atoms with Gasteiger partial charge in [0.15, 0.2) is 0 Å². The highest BCUT2D eigenvalue weighted by molar-refractivity contribution is 5.98. The molecule has 0 unspecified atom stereocenters. The Morgan fingerprint density at radius 3 is 0.985 bits per heavy atom. The monoisotopic (exact) mass is 866 g/mol. The predicted octanol–water partition coefficient (Wildman–Crippen LogP) is 9.30. The highest BCUT2D eigenvalue weighted by atomic mass is 16.5. The fourth-order valence-electron chi connectivity index (χ4n) is 8.77. The molecule has 0 saturated carbocycles. The van der Waals surface area contributed by atoms with Crippen LogP contribution in [-0.2, 0) is 20.8 Å². The van der Waals surface area contributed by atoms with E-state index in [1.54, 1.807) is 126 Å². The zero-order valence-corrected chi connectivity index (χ0v) is 36.5. The first-order chi connectivity index (χ1) is 31.6. The van der Waals surface area contributed by atoms with Crippen molar-refractivity contribution in [2.24, 2.45) is 0 Å². The van der Waals surface area contributed by atoms with Crippen molar-refractivity contribution in [3.8, 4) is 23.0 Å². The Balaban J connectivity index is 1.23. The molecule has 0 aliphatic rings. The van der Waals surface area contributed by atoms with E-state index in [1.807, 2.05) is 84.9 Å². The van der Waals surface area contributed by atoms with Crippen molar-refractivity contribution in [1.82, 2.24) is 10.6 Å². The van der Waals surface area contributed by atoms with E-state index >= 15 is 0 Å². The first-order valence-corrected chi connectivity index (χ1v) is 21.2. The molecule has 8 rings (SSSR count). The Hall–Kier alpha value is -7.66. The number of hydrogen-bond donors (Lipinski definition) is 4. The molecule has 10 nitrogen and oxygen atoms in total. The minimum atomic E-state index is -1.90. The Morgan fingerprint density at radius 2 is 0.692 bits per heavy atom. The van der Waals surface area contributed by atoms with Gasteiger partial charge in [0.2, 0.25) is 11.8 Å². The van der Waals surface area contributed by atoms with Crippen molar-refractivity contribution in [1.29, 1.82) is 0 Å². The Bertz CT molecular complexity index is 2610. The number of amides is 2. The van der Waals surface area contributed by atoms with E-state index in [1.165, 1.54) is 0 Å². The molecule has 65 heavy (non-hydrogen) atoms. The van der Waals surface area contributed by atoms with E-state index in [9.17, 15) is 19.8 Å². The van der Waals surface area contributed by atoms with Crippen LogP contribution in [0, 0.1) is 0 Å². The van der Waals surface area contributed by atoms with E-state index in [0.717, 1.165) is 21.5 Å². The maximum Gasteiger partial charge on any atom is 0.230 e. The zero-order valence-electron chi connectivity index (χ0n) is 36.5. The number of rotatable bonds is 16. The number of aliphatic hydroxyl groups is 2. The molecule has 0 radical (unpaired) electrons. The fourth-order valence-corrected chi connectivity index (χ4v) is 8.77. The molecule has 0 heterocycles. The van der Waals surface area contributed by atoms with E-state index in [-0.39, 0.29) is 0 Å². The van der Waals surface area contributed by atoms with Gasteiger partial charge in [-0.05, 0) is 103 Å². The van der Waals surface area contributed by atoms with Gasteiger partial charge in [-0.2, -0.15) is 0 Å². The van der Waals surface area contributed by atoms with Crippen molar-refractivity contribution in [3.63, 3.8) is 0 Å². The van der Waals surface area contributed by atoms with E-state index in [0.29, 0.717) is 56.4 Å². The summed E-state index contributed by atoms with van der Waals surface area (Å²) in [5.41, 5.74) is -0.706. The first-order valence-electron chi connectivity index (χ1n) is 21.2. The second-order valence-corrected chi connectivity index (χ2v) is 15.8. The number of hydrogen-bond acceptors (Lipinski definition) is 8. The van der Waals surface area contributed by atoms with E-state index in [4.69, 9.17) is 18.9 Å². The second-order valence-electron chi connectivity index (χ2n) is 15.8. The number of ether oxygens (including phenoxy) is 4. The minimum Gasteiger partial charge on any atom is -0.497 e. The van der Waals surface area contributed by atoms with Crippen LogP contribution in [0.15, 0.2) is 182 Å². The molecule has 328 valence electrons. The number of benzene rings is 8. The van der Waals surface area contributed by atoms with Crippen LogP contribution in [0.25, 0.3) is 21.5 Å². The van der Waals surface area contributed by atoms with Crippen LogP contribution in [0.5, 0.6) is 23.0 Å². The highest BCUT2D eigenvalue weighted by Gasteiger charge is 2.45. The van der Waals surface area contributed by atoms with E-state index in [2.05, 4.69) is 10.6 Å². The number of carbonyl (C=O) groups is 2. The number of methoxy groups -OCH3 is 4. The molecule has 0 aliphatic heterocycles. The maximum absolute atomic E-state index is 14.7. The molecular formula is C55H50N2O8. The van der Waals surface area contributed by atoms with Crippen LogP contribution in [0.2, 0.25) is 0 Å². The van der Waals surface area contributed by atoms with Crippen molar-refractivity contribution in [3.05, 3.63) is 215 Å². The van der Waals surface area contributed by atoms with Crippen molar-refractivity contribution in [2.75, 3.05) is 28.4 Å². The summed E-state index contributed by atoms with van der Waals surface area (Å²) in [7, 11) is 6.26. The summed E-state index contributed by atoms with van der Waals surface area (Å²) >= 11 is 0. The van der Waals surface area contributed by atoms with Gasteiger partial charge in [-0.3, -0.25) is 9.59 Å². The van der Waals surface area contributed by atoms with Gasteiger partial charge in [0.05, 0.1) is 40.5 Å². The Labute approximate surface area is 378 Å². The van der Waals surface area contributed by atoms with Crippen LogP contribution in [-0.4, -0.2) is 50.5 Å². The maximum atomic E-state index is 14.7. The molecule has 0 saturated heterocycles. The normalized spacial score (nSPS) is 12.5. The van der Waals surface area contributed by atoms with E-state index < -0.39 is 41.5 Å². The van der Waals surface area contributed by atoms with Crippen LogP contribution >= 0.6 is 0 Å². The van der Waals surface area contributed by atoms with Gasteiger partial charge < -0.3 is 39.8 Å². The molecule has 8 aromatic carbocycles. The number of carbonyl (C=O) groups excluding carboxylic acids is 2. The third kappa shape index (κ3) is 8.69. The van der Waals surface area contributed by atoms with Gasteiger partial charge in [-0.25, -0.2) is 0 Å². The van der Waals surface area contributed by atoms with Gasteiger partial charge in [-0.1, -0.05) is 133 Å². The third-order valence-corrected chi connectivity index (χ3v) is 12.2. The molecule has 2 amide bonds. The summed E-state index contributed by atoms with van der Waals surface area (Å²) in [4.78, 5) is 29.5. The fraction of sp³-hybridized carbons (Fsp3) is 0.164. The summed E-state index contributed by atoms with van der Waals surface area (Å²) < 4.78 is 21.9. The molecule has 8 aromatic rings. The molecule has 0 spiro atoms. The Morgan fingerprint density at radius 1 is 0.415 bits per heavy atom. The second kappa shape index (κ2) is 19.0. The molecule has 0 fully saturated rings. The summed E-state index contributed by atoms with van der Waals surface area (Å²) in [6, 6.07) is 52.6. The van der Waals surface area contributed by atoms with Crippen LogP contribution in [0.4, 0.5) is 0 Å². The molecule has 4 N–H and O–H groups in total. The molecule has 10 heteroatoms. The summed E-state index contributed by atoms with van der Waals surface area (Å²) in [5, 5.41) is 36.4. The molecule has 0 bridgehead atoms. The molecule has 2 atom stereocenters. The SMILES string of the molecule is COc1ccc(C(O)(c2ccc(OC)cc2)[C@H](NC(=O)CC(=O)N[C@H](c2cccc3ccccc23)C(O)(c2ccc(OC)cc2)c2ccc(OC)cc2)c2cccc3ccccc23)cc1. The van der Waals surface area contributed by atoms with Gasteiger partial charge in [-0.15, -0.1) is 0 Å². The van der Waals surface area contributed by atoms with Crippen molar-refractivity contribution in [2.45, 2.75) is 29.7 Å². The summed E-state index contributed by atoms with van der Waals surface area (Å²) in [5.74, 6) is 0.984. The zero-order chi connectivity index (χ0) is 45.6. The standard InChI is InChI=1S/C55H50N2O8/c1-62-42-27-19-38(20-28-42)54(60,39-21-29-43(63-2)30-22-39)52(48-17-9-13-36-11-5-7-15-46(36)48)56-50(58)35-51(59)57-53(49-18-10-14-37-12-6-8-16-47(37)49)55(61,40-23-31-44(64-3)32-24-40)41-25-33-45(65-4)34-26-41/h5-34,52-53,60-61H,35H2,1-4H3,(H,56,58)(H,57,59)/t52-,53-/m1/s1. The number of fused-ring (bicyclic) bond motifs is 2. The first kappa shape index (κ1) is 44.0. The van der Waals surface area contributed by atoms with Crippen molar-refractivity contribution >= 4 is 33.4 Å². The lowest BCUT2D eigenvalue weighted by atomic mass is 9.76.